The zero-order chi connectivity index (χ0) is 18.5. The van der Waals surface area contributed by atoms with Crippen molar-refractivity contribution in [2.45, 2.75) is 32.9 Å². The molecule has 0 atom stereocenters. The molecule has 0 aliphatic carbocycles. The number of anilines is 1. The lowest BCUT2D eigenvalue weighted by atomic mass is 10.2. The van der Waals surface area contributed by atoms with E-state index in [1.807, 2.05) is 13.0 Å². The van der Waals surface area contributed by atoms with Crippen LogP contribution < -0.4 is 10.9 Å². The Hall–Kier alpha value is -3.54. The van der Waals surface area contributed by atoms with Gasteiger partial charge < -0.3 is 5.32 Å². The highest BCUT2D eigenvalue weighted by Gasteiger charge is 2.11. The normalized spacial score (nSPS) is 10.6. The minimum absolute atomic E-state index is 0.0649. The molecule has 0 bridgehead atoms. The Morgan fingerprint density at radius 2 is 2.08 bits per heavy atom. The van der Waals surface area contributed by atoms with E-state index < -0.39 is 0 Å². The van der Waals surface area contributed by atoms with Gasteiger partial charge in [-0.05, 0) is 19.1 Å². The first kappa shape index (κ1) is 17.3. The molecule has 3 rings (SSSR count). The van der Waals surface area contributed by atoms with Crippen molar-refractivity contribution >= 4 is 22.6 Å². The highest BCUT2D eigenvalue weighted by molar-refractivity contribution is 5.89. The van der Waals surface area contributed by atoms with Crippen LogP contribution in [0.5, 0.6) is 0 Å². The first-order valence-electron chi connectivity index (χ1n) is 8.12. The number of aryl methyl sites for hydroxylation is 3. The van der Waals surface area contributed by atoms with Crippen molar-refractivity contribution in [2.75, 3.05) is 5.32 Å². The van der Waals surface area contributed by atoms with E-state index in [1.54, 1.807) is 35.0 Å². The molecule has 26 heavy (non-hydrogen) atoms. The summed E-state index contributed by atoms with van der Waals surface area (Å²) < 4.78 is 2.76. The lowest BCUT2D eigenvalue weighted by Gasteiger charge is -2.08. The molecule has 2 aromatic heterocycles. The standard InChI is InChI=1S/C17H17N7O2/c1-12-11-15(23(21-12)9-4-8-18)19-16(25)7-10-24-17(26)13-5-2-3-6-14(13)20-22-24/h2-3,5-6,11H,4,7,9-10H2,1H3,(H,19,25). The van der Waals surface area contributed by atoms with Crippen molar-refractivity contribution < 1.29 is 4.79 Å². The van der Waals surface area contributed by atoms with Gasteiger partial charge in [-0.25, -0.2) is 9.36 Å². The predicted octanol–water partition coefficient (Wildman–Crippen LogP) is 1.24. The van der Waals surface area contributed by atoms with Crippen LogP contribution in [-0.2, 0) is 17.9 Å². The molecular weight excluding hydrogens is 334 g/mol. The van der Waals surface area contributed by atoms with Gasteiger partial charge in [-0.2, -0.15) is 10.4 Å². The fourth-order valence-corrected chi connectivity index (χ4v) is 2.56. The van der Waals surface area contributed by atoms with Crippen molar-refractivity contribution in [3.05, 3.63) is 46.4 Å². The Morgan fingerprint density at radius 1 is 1.27 bits per heavy atom. The van der Waals surface area contributed by atoms with Gasteiger partial charge in [-0.3, -0.25) is 9.59 Å². The number of hydrogen-bond donors (Lipinski definition) is 1. The van der Waals surface area contributed by atoms with Gasteiger partial charge in [0.2, 0.25) is 5.91 Å². The second-order valence-electron chi connectivity index (χ2n) is 5.74. The second-order valence-corrected chi connectivity index (χ2v) is 5.74. The van der Waals surface area contributed by atoms with Gasteiger partial charge in [0.05, 0.1) is 36.7 Å². The van der Waals surface area contributed by atoms with Crippen LogP contribution in [-0.4, -0.2) is 30.7 Å². The number of nitrogens with zero attached hydrogens (tertiary/aromatic N) is 6. The van der Waals surface area contributed by atoms with Crippen molar-refractivity contribution in [3.8, 4) is 6.07 Å². The Labute approximate surface area is 148 Å². The van der Waals surface area contributed by atoms with Crippen LogP contribution in [0.1, 0.15) is 18.5 Å². The van der Waals surface area contributed by atoms with Crippen LogP contribution in [0.4, 0.5) is 5.82 Å². The molecule has 1 aromatic carbocycles. The molecule has 9 heteroatoms. The van der Waals surface area contributed by atoms with E-state index in [1.165, 1.54) is 4.68 Å². The van der Waals surface area contributed by atoms with Crippen LogP contribution in [0.2, 0.25) is 0 Å². The van der Waals surface area contributed by atoms with Crippen molar-refractivity contribution in [3.63, 3.8) is 0 Å². The number of nitriles is 1. The van der Waals surface area contributed by atoms with Crippen LogP contribution in [0.25, 0.3) is 10.9 Å². The van der Waals surface area contributed by atoms with Crippen LogP contribution in [0.15, 0.2) is 35.1 Å². The third kappa shape index (κ3) is 3.75. The lowest BCUT2D eigenvalue weighted by molar-refractivity contribution is -0.116. The molecule has 0 unspecified atom stereocenters. The molecule has 2 heterocycles. The summed E-state index contributed by atoms with van der Waals surface area (Å²) in [6, 6.07) is 10.7. The van der Waals surface area contributed by atoms with Gasteiger partial charge >= 0.3 is 0 Å². The number of amides is 1. The number of rotatable bonds is 6. The molecule has 0 saturated heterocycles. The minimum atomic E-state index is -0.279. The van der Waals surface area contributed by atoms with Crippen molar-refractivity contribution in [2.24, 2.45) is 0 Å². The van der Waals surface area contributed by atoms with Gasteiger partial charge in [-0.15, -0.1) is 5.10 Å². The second kappa shape index (κ2) is 7.57. The minimum Gasteiger partial charge on any atom is -0.311 e. The number of carbonyl (C=O) groups excluding carboxylic acids is 1. The Bertz CT molecular complexity index is 1050. The quantitative estimate of drug-likeness (QED) is 0.714. The first-order valence-corrected chi connectivity index (χ1v) is 8.12. The predicted molar refractivity (Wildman–Crippen MR) is 94.2 cm³/mol. The average Bonchev–Trinajstić information content (AvgIpc) is 2.98. The molecular formula is C17H17N7O2. The van der Waals surface area contributed by atoms with Crippen LogP contribution in [0.3, 0.4) is 0 Å². The van der Waals surface area contributed by atoms with E-state index in [2.05, 4.69) is 20.7 Å². The SMILES string of the molecule is Cc1cc(NC(=O)CCn2nnc3ccccc3c2=O)n(CCC#N)n1. The summed E-state index contributed by atoms with van der Waals surface area (Å²) in [7, 11) is 0. The van der Waals surface area contributed by atoms with E-state index in [4.69, 9.17) is 5.26 Å². The fourth-order valence-electron chi connectivity index (χ4n) is 2.56. The summed E-state index contributed by atoms with van der Waals surface area (Å²) in [5.41, 5.74) is 0.989. The largest absolute Gasteiger partial charge is 0.311 e. The summed E-state index contributed by atoms with van der Waals surface area (Å²) in [4.78, 5) is 24.6. The summed E-state index contributed by atoms with van der Waals surface area (Å²) in [6.45, 7) is 2.33. The maximum Gasteiger partial charge on any atom is 0.277 e. The van der Waals surface area contributed by atoms with E-state index in [-0.39, 0.29) is 24.4 Å². The number of hydrogen-bond acceptors (Lipinski definition) is 6. The molecule has 0 spiro atoms. The van der Waals surface area contributed by atoms with E-state index in [9.17, 15) is 9.59 Å². The number of fused-ring (bicyclic) bond motifs is 1. The fraction of sp³-hybridized carbons (Fsp3) is 0.294. The van der Waals surface area contributed by atoms with E-state index in [0.717, 1.165) is 5.69 Å². The van der Waals surface area contributed by atoms with Crippen LogP contribution >= 0.6 is 0 Å². The summed E-state index contributed by atoms with van der Waals surface area (Å²) >= 11 is 0. The molecule has 3 aromatic rings. The molecule has 1 N–H and O–H groups in total. The third-order valence-corrected chi connectivity index (χ3v) is 3.79. The molecule has 0 aliphatic rings. The zero-order valence-corrected chi connectivity index (χ0v) is 14.2. The molecule has 0 aliphatic heterocycles. The molecule has 0 fully saturated rings. The molecule has 132 valence electrons. The Balaban J connectivity index is 1.68. The monoisotopic (exact) mass is 351 g/mol. The number of aromatic nitrogens is 5. The van der Waals surface area contributed by atoms with Gasteiger partial charge in [-0.1, -0.05) is 17.3 Å². The maximum atomic E-state index is 12.4. The highest BCUT2D eigenvalue weighted by atomic mass is 16.2. The summed E-state index contributed by atoms with van der Waals surface area (Å²) in [5, 5.41) is 24.0. The Morgan fingerprint density at radius 3 is 2.88 bits per heavy atom. The molecule has 0 saturated carbocycles. The molecule has 1 amide bonds. The third-order valence-electron chi connectivity index (χ3n) is 3.79. The van der Waals surface area contributed by atoms with Gasteiger partial charge in [0, 0.05) is 12.5 Å². The van der Waals surface area contributed by atoms with Gasteiger partial charge in [0.15, 0.2) is 0 Å². The van der Waals surface area contributed by atoms with Gasteiger partial charge in [0.1, 0.15) is 11.3 Å². The molecule has 9 nitrogen and oxygen atoms in total. The molecule has 0 radical (unpaired) electrons. The lowest BCUT2D eigenvalue weighted by Crippen LogP contribution is -2.27. The first-order chi connectivity index (χ1) is 12.6. The number of carbonyl (C=O) groups is 1. The highest BCUT2D eigenvalue weighted by Crippen LogP contribution is 2.11. The van der Waals surface area contributed by atoms with Crippen molar-refractivity contribution in [1.29, 1.82) is 5.26 Å². The zero-order valence-electron chi connectivity index (χ0n) is 14.2. The van der Waals surface area contributed by atoms with E-state index >= 15 is 0 Å². The summed E-state index contributed by atoms with van der Waals surface area (Å²) in [5.74, 6) is 0.254. The Kier molecular flexibility index (Phi) is 5.03. The smallest absolute Gasteiger partial charge is 0.277 e. The number of benzene rings is 1. The van der Waals surface area contributed by atoms with E-state index in [0.29, 0.717) is 29.7 Å². The van der Waals surface area contributed by atoms with Gasteiger partial charge in [0.25, 0.3) is 5.56 Å². The topological polar surface area (TPSA) is 118 Å². The summed E-state index contributed by atoms with van der Waals surface area (Å²) in [6.07, 6.45) is 0.363. The van der Waals surface area contributed by atoms with Crippen LogP contribution in [0, 0.1) is 18.3 Å². The number of nitrogens with one attached hydrogen (secondary N) is 1. The maximum absolute atomic E-state index is 12.4. The average molecular weight is 351 g/mol. The van der Waals surface area contributed by atoms with Crippen molar-refractivity contribution in [1.82, 2.24) is 24.8 Å².